The molecule has 0 fully saturated rings. The second kappa shape index (κ2) is 5.36. The number of ether oxygens (including phenoxy) is 1. The van der Waals surface area contributed by atoms with Gasteiger partial charge in [0, 0.05) is 6.07 Å². The van der Waals surface area contributed by atoms with E-state index in [4.69, 9.17) is 10.00 Å². The van der Waals surface area contributed by atoms with Crippen LogP contribution in [0, 0.1) is 18.3 Å². The molecule has 0 aliphatic rings. The van der Waals surface area contributed by atoms with Crippen LogP contribution < -0.4 is 10.3 Å². The Morgan fingerprint density at radius 2 is 2.16 bits per heavy atom. The number of hydrogen-bond donors (Lipinski definition) is 0. The fourth-order valence-corrected chi connectivity index (χ4v) is 1.78. The van der Waals surface area contributed by atoms with Crippen molar-refractivity contribution < 1.29 is 4.74 Å². The summed E-state index contributed by atoms with van der Waals surface area (Å²) in [7, 11) is 1.52. The van der Waals surface area contributed by atoms with Crippen LogP contribution in [0.15, 0.2) is 35.1 Å². The molecule has 0 unspecified atom stereocenters. The Morgan fingerprint density at radius 1 is 1.37 bits per heavy atom. The molecule has 5 heteroatoms. The molecule has 1 aromatic carbocycles. The maximum absolute atomic E-state index is 11.7. The van der Waals surface area contributed by atoms with Crippen LogP contribution in [0.3, 0.4) is 0 Å². The van der Waals surface area contributed by atoms with E-state index in [1.54, 1.807) is 18.2 Å². The van der Waals surface area contributed by atoms with Crippen molar-refractivity contribution in [3.63, 3.8) is 0 Å². The van der Waals surface area contributed by atoms with Crippen molar-refractivity contribution in [2.45, 2.75) is 13.5 Å². The number of aromatic nitrogens is 2. The number of aryl methyl sites for hydroxylation is 1. The molecule has 19 heavy (non-hydrogen) atoms. The van der Waals surface area contributed by atoms with Gasteiger partial charge < -0.3 is 4.74 Å². The second-order valence-electron chi connectivity index (χ2n) is 4.12. The summed E-state index contributed by atoms with van der Waals surface area (Å²) in [5.74, 6) is 0.524. The minimum absolute atomic E-state index is 0.167. The first-order valence-electron chi connectivity index (χ1n) is 5.76. The maximum atomic E-state index is 11.7. The smallest absolute Gasteiger partial charge is 0.267 e. The normalized spacial score (nSPS) is 9.95. The predicted molar refractivity (Wildman–Crippen MR) is 70.0 cm³/mol. The van der Waals surface area contributed by atoms with Crippen molar-refractivity contribution in [1.29, 1.82) is 5.26 Å². The highest BCUT2D eigenvalue weighted by Crippen LogP contribution is 2.18. The van der Waals surface area contributed by atoms with Gasteiger partial charge in [0.2, 0.25) is 0 Å². The van der Waals surface area contributed by atoms with Crippen LogP contribution in [-0.2, 0) is 6.54 Å². The van der Waals surface area contributed by atoms with Crippen LogP contribution in [0.4, 0.5) is 0 Å². The molecule has 1 aromatic heterocycles. The molecule has 0 aliphatic heterocycles. The van der Waals surface area contributed by atoms with Crippen LogP contribution >= 0.6 is 0 Å². The predicted octanol–water partition coefficient (Wildman–Crippen LogP) is 1.48. The molecule has 1 heterocycles. The summed E-state index contributed by atoms with van der Waals surface area (Å²) in [6.07, 6.45) is 0. The van der Waals surface area contributed by atoms with Crippen LogP contribution in [0.25, 0.3) is 0 Å². The lowest BCUT2D eigenvalue weighted by molar-refractivity contribution is 0.413. The van der Waals surface area contributed by atoms with Crippen molar-refractivity contribution in [2.75, 3.05) is 7.11 Å². The molecule has 5 nitrogen and oxygen atoms in total. The van der Waals surface area contributed by atoms with Gasteiger partial charge in [-0.2, -0.15) is 10.4 Å². The lowest BCUT2D eigenvalue weighted by Gasteiger charge is -2.07. The van der Waals surface area contributed by atoms with Gasteiger partial charge >= 0.3 is 0 Å². The number of nitriles is 1. The third kappa shape index (κ3) is 2.80. The maximum Gasteiger partial charge on any atom is 0.267 e. The van der Waals surface area contributed by atoms with Crippen molar-refractivity contribution >= 4 is 0 Å². The zero-order valence-corrected chi connectivity index (χ0v) is 10.8. The molecule has 0 spiro atoms. The first-order valence-corrected chi connectivity index (χ1v) is 5.76. The molecule has 2 rings (SSSR count). The largest absolute Gasteiger partial charge is 0.495 e. The van der Waals surface area contributed by atoms with Crippen molar-refractivity contribution in [2.24, 2.45) is 0 Å². The monoisotopic (exact) mass is 255 g/mol. The van der Waals surface area contributed by atoms with Gasteiger partial charge in [0.1, 0.15) is 11.8 Å². The van der Waals surface area contributed by atoms with E-state index in [0.29, 0.717) is 17.9 Å². The van der Waals surface area contributed by atoms with E-state index >= 15 is 0 Å². The van der Waals surface area contributed by atoms with E-state index in [9.17, 15) is 4.79 Å². The molecule has 0 N–H and O–H groups in total. The Labute approximate surface area is 110 Å². The first kappa shape index (κ1) is 12.8. The third-order valence-electron chi connectivity index (χ3n) is 2.72. The molecule has 0 saturated heterocycles. The quantitative estimate of drug-likeness (QED) is 0.833. The van der Waals surface area contributed by atoms with Gasteiger partial charge in [-0.25, -0.2) is 4.68 Å². The van der Waals surface area contributed by atoms with E-state index in [1.807, 2.05) is 13.0 Å². The number of benzene rings is 1. The molecular formula is C14H13N3O2. The fraction of sp³-hybridized carbons (Fsp3) is 0.214. The highest BCUT2D eigenvalue weighted by atomic mass is 16.5. The number of hydrogen-bond acceptors (Lipinski definition) is 4. The third-order valence-corrected chi connectivity index (χ3v) is 2.72. The van der Waals surface area contributed by atoms with Crippen molar-refractivity contribution in [1.82, 2.24) is 9.78 Å². The summed E-state index contributed by atoms with van der Waals surface area (Å²) >= 11 is 0. The summed E-state index contributed by atoms with van der Waals surface area (Å²) in [4.78, 5) is 11.7. The van der Waals surface area contributed by atoms with Gasteiger partial charge in [-0.15, -0.1) is 0 Å². The Bertz CT molecular complexity index is 699. The molecule has 0 amide bonds. The van der Waals surface area contributed by atoms with Crippen LogP contribution in [-0.4, -0.2) is 16.9 Å². The molecule has 96 valence electrons. The molecule has 0 saturated carbocycles. The zero-order valence-electron chi connectivity index (χ0n) is 10.8. The SMILES string of the molecule is COc1ccc(Cn2nc(C)ccc2=O)cc1C#N. The van der Waals surface area contributed by atoms with Gasteiger partial charge in [-0.3, -0.25) is 4.79 Å². The highest BCUT2D eigenvalue weighted by Gasteiger charge is 2.05. The second-order valence-corrected chi connectivity index (χ2v) is 4.12. The van der Waals surface area contributed by atoms with Gasteiger partial charge in [0.25, 0.3) is 5.56 Å². The van der Waals surface area contributed by atoms with E-state index in [2.05, 4.69) is 11.2 Å². The topological polar surface area (TPSA) is 67.9 Å². The minimum atomic E-state index is -0.167. The summed E-state index contributed by atoms with van der Waals surface area (Å²) < 4.78 is 6.45. The number of nitrogens with zero attached hydrogens (tertiary/aromatic N) is 3. The van der Waals surface area contributed by atoms with Crippen LogP contribution in [0.5, 0.6) is 5.75 Å². The Balaban J connectivity index is 2.36. The molecule has 0 atom stereocenters. The van der Waals surface area contributed by atoms with E-state index in [1.165, 1.54) is 17.9 Å². The lowest BCUT2D eigenvalue weighted by atomic mass is 10.1. The number of rotatable bonds is 3. The minimum Gasteiger partial charge on any atom is -0.495 e. The van der Waals surface area contributed by atoms with E-state index in [0.717, 1.165) is 11.3 Å². The molecular weight excluding hydrogens is 242 g/mol. The molecule has 0 bridgehead atoms. The summed E-state index contributed by atoms with van der Waals surface area (Å²) in [5, 5.41) is 13.2. The van der Waals surface area contributed by atoms with Crippen molar-refractivity contribution in [3.8, 4) is 11.8 Å². The lowest BCUT2D eigenvalue weighted by Crippen LogP contribution is -2.23. The Kier molecular flexibility index (Phi) is 3.62. The summed E-state index contributed by atoms with van der Waals surface area (Å²) in [5.41, 5.74) is 1.88. The van der Waals surface area contributed by atoms with Gasteiger partial charge in [0.15, 0.2) is 0 Å². The summed E-state index contributed by atoms with van der Waals surface area (Å²) in [6.45, 7) is 2.16. The number of methoxy groups -OCH3 is 1. The average Bonchev–Trinajstić information content (AvgIpc) is 2.42. The van der Waals surface area contributed by atoms with Crippen molar-refractivity contribution in [3.05, 3.63) is 57.5 Å². The molecule has 0 radical (unpaired) electrons. The standard InChI is InChI=1S/C14H13N3O2/c1-10-3-6-14(18)17(16-10)9-11-4-5-13(19-2)12(7-11)8-15/h3-7H,9H2,1-2H3. The molecule has 0 aliphatic carbocycles. The van der Waals surface area contributed by atoms with Gasteiger partial charge in [0.05, 0.1) is 24.9 Å². The van der Waals surface area contributed by atoms with Gasteiger partial charge in [-0.05, 0) is 30.7 Å². The Hall–Kier alpha value is -2.61. The molecule has 2 aromatic rings. The Morgan fingerprint density at radius 3 is 2.84 bits per heavy atom. The summed E-state index contributed by atoms with van der Waals surface area (Å²) in [6, 6.07) is 10.5. The average molecular weight is 255 g/mol. The first-order chi connectivity index (χ1) is 9.13. The van der Waals surface area contributed by atoms with E-state index in [-0.39, 0.29) is 5.56 Å². The van der Waals surface area contributed by atoms with Crippen LogP contribution in [0.1, 0.15) is 16.8 Å². The zero-order chi connectivity index (χ0) is 13.8. The highest BCUT2D eigenvalue weighted by molar-refractivity contribution is 5.45. The fourth-order valence-electron chi connectivity index (χ4n) is 1.78. The van der Waals surface area contributed by atoms with Gasteiger partial charge in [-0.1, -0.05) is 6.07 Å². The van der Waals surface area contributed by atoms with E-state index < -0.39 is 0 Å². The van der Waals surface area contributed by atoms with Crippen LogP contribution in [0.2, 0.25) is 0 Å².